The van der Waals surface area contributed by atoms with Gasteiger partial charge in [-0.25, -0.2) is 0 Å². The molecule has 12 heavy (non-hydrogen) atoms. The third-order valence-corrected chi connectivity index (χ3v) is 2.20. The quantitative estimate of drug-likeness (QED) is 0.485. The number of hydrogen-bond donors (Lipinski definition) is 3. The first kappa shape index (κ1) is 9.92. The van der Waals surface area contributed by atoms with Gasteiger partial charge in [0, 0.05) is 0 Å². The largest absolute Gasteiger partial charge is 0.388 e. The van der Waals surface area contributed by atoms with E-state index >= 15 is 0 Å². The van der Waals surface area contributed by atoms with Crippen LogP contribution in [0.1, 0.15) is 13.8 Å². The van der Waals surface area contributed by atoms with E-state index in [-0.39, 0.29) is 18.6 Å². The molecule has 0 aliphatic carbocycles. The molecule has 3 N–H and O–H groups in total. The molecular weight excluding hydrogens is 160 g/mol. The van der Waals surface area contributed by atoms with E-state index in [2.05, 4.69) is 0 Å². The molecule has 72 valence electrons. The van der Waals surface area contributed by atoms with Gasteiger partial charge in [0.2, 0.25) is 0 Å². The summed E-state index contributed by atoms with van der Waals surface area (Å²) in [7, 11) is 0. The van der Waals surface area contributed by atoms with Crippen molar-refractivity contribution >= 4 is 0 Å². The third-order valence-electron chi connectivity index (χ3n) is 2.20. The van der Waals surface area contributed by atoms with Gasteiger partial charge < -0.3 is 20.1 Å². The molecule has 0 bridgehead atoms. The summed E-state index contributed by atoms with van der Waals surface area (Å²) >= 11 is 0. The lowest BCUT2D eigenvalue weighted by molar-refractivity contribution is -0.197. The van der Waals surface area contributed by atoms with Crippen molar-refractivity contribution in [1.82, 2.24) is 0 Å². The molecule has 4 atom stereocenters. The van der Waals surface area contributed by atoms with Crippen molar-refractivity contribution < 1.29 is 20.1 Å². The maximum atomic E-state index is 9.44. The fourth-order valence-electron chi connectivity index (χ4n) is 1.42. The Labute approximate surface area is 71.8 Å². The molecule has 0 amide bonds. The van der Waals surface area contributed by atoms with E-state index in [1.165, 1.54) is 0 Å². The first-order chi connectivity index (χ1) is 5.54. The average molecular weight is 176 g/mol. The zero-order chi connectivity index (χ0) is 9.30. The van der Waals surface area contributed by atoms with E-state index in [1.54, 1.807) is 0 Å². The summed E-state index contributed by atoms with van der Waals surface area (Å²) in [6, 6.07) is 0. The van der Waals surface area contributed by atoms with Crippen LogP contribution in [0.5, 0.6) is 0 Å². The molecule has 0 spiro atoms. The summed E-state index contributed by atoms with van der Waals surface area (Å²) in [5.74, 6) is 0.141. The summed E-state index contributed by atoms with van der Waals surface area (Å²) in [5, 5.41) is 27.8. The zero-order valence-electron chi connectivity index (χ0n) is 7.34. The average Bonchev–Trinajstić information content (AvgIpc) is 2.00. The number of hydrogen-bond acceptors (Lipinski definition) is 4. The first-order valence-electron chi connectivity index (χ1n) is 4.20. The van der Waals surface area contributed by atoms with Crippen molar-refractivity contribution in [2.24, 2.45) is 5.92 Å². The fraction of sp³-hybridized carbons (Fsp3) is 1.00. The Balaban J connectivity index is 2.58. The maximum Gasteiger partial charge on any atom is 0.111 e. The SMILES string of the molecule is CC(C)[C@H]1OC[C@H](O)C(O)C1O. The molecule has 1 aliphatic rings. The van der Waals surface area contributed by atoms with Crippen molar-refractivity contribution in [3.05, 3.63) is 0 Å². The standard InChI is InChI=1S/C8H16O4/c1-4(2)8-7(11)6(10)5(9)3-12-8/h4-11H,3H2,1-2H3/t5-,6?,7?,8+/m0/s1. The normalized spacial score (nSPS) is 43.5. The molecule has 0 radical (unpaired) electrons. The van der Waals surface area contributed by atoms with E-state index in [0.29, 0.717) is 0 Å². The van der Waals surface area contributed by atoms with Crippen LogP contribution in [0.2, 0.25) is 0 Å². The Hall–Kier alpha value is -0.160. The second-order valence-electron chi connectivity index (χ2n) is 3.59. The zero-order valence-corrected chi connectivity index (χ0v) is 7.34. The first-order valence-corrected chi connectivity index (χ1v) is 4.20. The molecule has 1 fully saturated rings. The fourth-order valence-corrected chi connectivity index (χ4v) is 1.42. The monoisotopic (exact) mass is 176 g/mol. The van der Waals surface area contributed by atoms with Gasteiger partial charge in [-0.2, -0.15) is 0 Å². The van der Waals surface area contributed by atoms with E-state index in [9.17, 15) is 10.2 Å². The van der Waals surface area contributed by atoms with Crippen LogP contribution in [0.3, 0.4) is 0 Å². The molecular formula is C8H16O4. The molecule has 2 unspecified atom stereocenters. The molecule has 1 aliphatic heterocycles. The second-order valence-corrected chi connectivity index (χ2v) is 3.59. The van der Waals surface area contributed by atoms with Crippen LogP contribution in [0.4, 0.5) is 0 Å². The van der Waals surface area contributed by atoms with Crippen molar-refractivity contribution in [1.29, 1.82) is 0 Å². The lowest BCUT2D eigenvalue weighted by Gasteiger charge is -2.37. The van der Waals surface area contributed by atoms with Gasteiger partial charge in [0.1, 0.15) is 18.3 Å². The van der Waals surface area contributed by atoms with Gasteiger partial charge in [-0.15, -0.1) is 0 Å². The van der Waals surface area contributed by atoms with Gasteiger partial charge in [-0.1, -0.05) is 13.8 Å². The lowest BCUT2D eigenvalue weighted by Crippen LogP contribution is -2.54. The van der Waals surface area contributed by atoms with Crippen molar-refractivity contribution in [3.8, 4) is 0 Å². The Morgan fingerprint density at radius 1 is 1.17 bits per heavy atom. The van der Waals surface area contributed by atoms with Crippen LogP contribution < -0.4 is 0 Å². The van der Waals surface area contributed by atoms with Crippen molar-refractivity contribution in [2.75, 3.05) is 6.61 Å². The summed E-state index contributed by atoms with van der Waals surface area (Å²) in [5.41, 5.74) is 0. The van der Waals surface area contributed by atoms with Gasteiger partial charge in [0.05, 0.1) is 12.7 Å². The van der Waals surface area contributed by atoms with Crippen molar-refractivity contribution in [2.45, 2.75) is 38.3 Å². The van der Waals surface area contributed by atoms with Crippen LogP contribution in [0.25, 0.3) is 0 Å². The summed E-state index contributed by atoms with van der Waals surface area (Å²) in [6.45, 7) is 3.90. The smallest absolute Gasteiger partial charge is 0.111 e. The predicted octanol–water partition coefficient (Wildman–Crippen LogP) is -0.876. The molecule has 1 heterocycles. The minimum Gasteiger partial charge on any atom is -0.388 e. The molecule has 4 heteroatoms. The van der Waals surface area contributed by atoms with E-state index in [1.807, 2.05) is 13.8 Å². The molecule has 1 rings (SSSR count). The third kappa shape index (κ3) is 1.77. The Morgan fingerprint density at radius 2 is 1.75 bits per heavy atom. The Bertz CT molecular complexity index is 148. The highest BCUT2D eigenvalue weighted by Crippen LogP contribution is 2.20. The highest BCUT2D eigenvalue weighted by molar-refractivity contribution is 4.87. The molecule has 0 aromatic rings. The maximum absolute atomic E-state index is 9.44. The van der Waals surface area contributed by atoms with Crippen LogP contribution in [-0.2, 0) is 4.74 Å². The number of aliphatic hydroxyl groups excluding tert-OH is 3. The molecule has 1 saturated heterocycles. The summed E-state index contributed by atoms with van der Waals surface area (Å²) in [4.78, 5) is 0. The van der Waals surface area contributed by atoms with Crippen LogP contribution in [-0.4, -0.2) is 46.3 Å². The van der Waals surface area contributed by atoms with Crippen LogP contribution in [0.15, 0.2) is 0 Å². The van der Waals surface area contributed by atoms with Gasteiger partial charge in [-0.3, -0.25) is 0 Å². The minimum absolute atomic E-state index is 0.0983. The molecule has 0 aromatic heterocycles. The van der Waals surface area contributed by atoms with E-state index < -0.39 is 18.3 Å². The van der Waals surface area contributed by atoms with Crippen LogP contribution in [0, 0.1) is 5.92 Å². The summed E-state index contributed by atoms with van der Waals surface area (Å²) in [6.07, 6.45) is -3.39. The van der Waals surface area contributed by atoms with Gasteiger partial charge >= 0.3 is 0 Å². The number of rotatable bonds is 1. The van der Waals surface area contributed by atoms with E-state index in [0.717, 1.165) is 0 Å². The highest BCUT2D eigenvalue weighted by atomic mass is 16.5. The second kappa shape index (κ2) is 3.70. The number of ether oxygens (including phenoxy) is 1. The Kier molecular flexibility index (Phi) is 3.06. The summed E-state index contributed by atoms with van der Waals surface area (Å²) < 4.78 is 5.17. The minimum atomic E-state index is -1.08. The van der Waals surface area contributed by atoms with E-state index in [4.69, 9.17) is 9.84 Å². The molecule has 0 aromatic carbocycles. The van der Waals surface area contributed by atoms with Gasteiger partial charge in [0.15, 0.2) is 0 Å². The lowest BCUT2D eigenvalue weighted by atomic mass is 9.93. The Morgan fingerprint density at radius 3 is 2.25 bits per heavy atom. The topological polar surface area (TPSA) is 69.9 Å². The van der Waals surface area contributed by atoms with Crippen LogP contribution >= 0.6 is 0 Å². The van der Waals surface area contributed by atoms with Gasteiger partial charge in [0.25, 0.3) is 0 Å². The van der Waals surface area contributed by atoms with Gasteiger partial charge in [-0.05, 0) is 5.92 Å². The highest BCUT2D eigenvalue weighted by Gasteiger charge is 2.38. The number of aliphatic hydroxyl groups is 3. The molecule has 0 saturated carbocycles. The van der Waals surface area contributed by atoms with Crippen molar-refractivity contribution in [3.63, 3.8) is 0 Å². The molecule has 4 nitrogen and oxygen atoms in total. The predicted molar refractivity (Wildman–Crippen MR) is 42.6 cm³/mol.